The fourth-order valence-corrected chi connectivity index (χ4v) is 4.49. The summed E-state index contributed by atoms with van der Waals surface area (Å²) in [6.07, 6.45) is 1.68. The molecule has 1 saturated heterocycles. The first-order chi connectivity index (χ1) is 14.1. The second-order valence-corrected chi connectivity index (χ2v) is 8.22. The van der Waals surface area contributed by atoms with Crippen LogP contribution in [-0.2, 0) is 9.59 Å². The number of nitrogens with one attached hydrogen (secondary N) is 1. The molecule has 144 valence electrons. The van der Waals surface area contributed by atoms with Gasteiger partial charge in [0, 0.05) is 16.1 Å². The molecule has 0 saturated carbocycles. The van der Waals surface area contributed by atoms with Crippen LogP contribution >= 0.6 is 23.1 Å². The van der Waals surface area contributed by atoms with Crippen molar-refractivity contribution in [2.75, 3.05) is 11.9 Å². The van der Waals surface area contributed by atoms with Gasteiger partial charge in [0.1, 0.15) is 6.54 Å². The third-order valence-corrected chi connectivity index (χ3v) is 6.00. The van der Waals surface area contributed by atoms with E-state index in [1.54, 1.807) is 12.1 Å². The van der Waals surface area contributed by atoms with E-state index in [1.807, 2.05) is 66.0 Å². The zero-order chi connectivity index (χ0) is 20.2. The van der Waals surface area contributed by atoms with Crippen LogP contribution in [0.5, 0.6) is 0 Å². The molecule has 0 aliphatic carbocycles. The summed E-state index contributed by atoms with van der Waals surface area (Å²) < 4.78 is 0. The molecule has 0 spiro atoms. The molecule has 0 radical (unpaired) electrons. The molecule has 29 heavy (non-hydrogen) atoms. The SMILES string of the molecule is O=C(CN1C(=O)S/C(=C\c2cccs2)C1=O)Nc1ccccc1-c1ccccc1. The molecule has 0 atom stereocenters. The van der Waals surface area contributed by atoms with Gasteiger partial charge in [-0.1, -0.05) is 54.6 Å². The number of rotatable bonds is 5. The van der Waals surface area contributed by atoms with Gasteiger partial charge in [-0.15, -0.1) is 11.3 Å². The minimum absolute atomic E-state index is 0.324. The van der Waals surface area contributed by atoms with Gasteiger partial charge in [-0.3, -0.25) is 19.3 Å². The number of amides is 3. The highest BCUT2D eigenvalue weighted by molar-refractivity contribution is 8.18. The van der Waals surface area contributed by atoms with Gasteiger partial charge < -0.3 is 5.32 Å². The maximum absolute atomic E-state index is 12.6. The van der Waals surface area contributed by atoms with E-state index in [4.69, 9.17) is 0 Å². The van der Waals surface area contributed by atoms with Crippen molar-refractivity contribution in [2.24, 2.45) is 0 Å². The molecule has 3 aromatic rings. The minimum atomic E-state index is -0.445. The Morgan fingerprint density at radius 3 is 2.48 bits per heavy atom. The van der Waals surface area contributed by atoms with Gasteiger partial charge in [-0.2, -0.15) is 0 Å². The number of thiophene rings is 1. The van der Waals surface area contributed by atoms with Crippen molar-refractivity contribution in [1.29, 1.82) is 0 Å². The molecule has 5 nitrogen and oxygen atoms in total. The molecule has 1 aliphatic rings. The molecule has 7 heteroatoms. The predicted molar refractivity (Wildman–Crippen MR) is 118 cm³/mol. The van der Waals surface area contributed by atoms with Crippen LogP contribution in [0.1, 0.15) is 4.88 Å². The summed E-state index contributed by atoms with van der Waals surface area (Å²) in [5.41, 5.74) is 2.46. The lowest BCUT2D eigenvalue weighted by Crippen LogP contribution is -2.36. The summed E-state index contributed by atoms with van der Waals surface area (Å²) in [6.45, 7) is -0.324. The van der Waals surface area contributed by atoms with Crippen molar-refractivity contribution in [2.45, 2.75) is 0 Å². The third-order valence-electron chi connectivity index (χ3n) is 4.28. The Kier molecular flexibility index (Phi) is 5.59. The monoisotopic (exact) mass is 420 g/mol. The van der Waals surface area contributed by atoms with Crippen LogP contribution in [0.15, 0.2) is 77.0 Å². The van der Waals surface area contributed by atoms with E-state index < -0.39 is 17.1 Å². The maximum atomic E-state index is 12.6. The Hall–Kier alpha value is -3.16. The molecule has 4 rings (SSSR count). The number of imide groups is 1. The summed E-state index contributed by atoms with van der Waals surface area (Å²) in [5, 5.41) is 4.28. The van der Waals surface area contributed by atoms with E-state index in [0.29, 0.717) is 10.6 Å². The van der Waals surface area contributed by atoms with Crippen LogP contribution in [0.4, 0.5) is 10.5 Å². The number of thioether (sulfide) groups is 1. The lowest BCUT2D eigenvalue weighted by atomic mass is 10.0. The van der Waals surface area contributed by atoms with Crippen LogP contribution in [0.2, 0.25) is 0 Å². The van der Waals surface area contributed by atoms with Gasteiger partial charge in [0.15, 0.2) is 0 Å². The number of hydrogen-bond donors (Lipinski definition) is 1. The second-order valence-electron chi connectivity index (χ2n) is 6.24. The molecular formula is C22H16N2O3S2. The molecule has 1 aliphatic heterocycles. The van der Waals surface area contributed by atoms with Crippen molar-refractivity contribution in [3.63, 3.8) is 0 Å². The molecule has 1 N–H and O–H groups in total. The molecule has 1 aromatic heterocycles. The summed E-state index contributed by atoms with van der Waals surface area (Å²) >= 11 is 2.33. The third kappa shape index (κ3) is 4.31. The number of nitrogens with zero attached hydrogens (tertiary/aromatic N) is 1. The molecule has 3 amide bonds. The Labute approximate surface area is 176 Å². The second kappa shape index (κ2) is 8.46. The Bertz CT molecular complexity index is 1090. The van der Waals surface area contributed by atoms with E-state index in [0.717, 1.165) is 32.7 Å². The number of hydrogen-bond acceptors (Lipinski definition) is 5. The van der Waals surface area contributed by atoms with E-state index in [1.165, 1.54) is 11.3 Å². The molecule has 0 bridgehead atoms. The standard InChI is InChI=1S/C22H16N2O3S2/c25-20(23-18-11-5-4-10-17(18)15-7-2-1-3-8-15)14-24-21(26)19(29-22(24)27)13-16-9-6-12-28-16/h1-13H,14H2,(H,23,25)/b19-13-. The largest absolute Gasteiger partial charge is 0.324 e. The first-order valence-corrected chi connectivity index (χ1v) is 10.5. The highest BCUT2D eigenvalue weighted by Gasteiger charge is 2.36. The van der Waals surface area contributed by atoms with E-state index in [-0.39, 0.29) is 6.54 Å². The minimum Gasteiger partial charge on any atom is -0.324 e. The van der Waals surface area contributed by atoms with Gasteiger partial charge in [0.05, 0.1) is 4.91 Å². The quantitative estimate of drug-likeness (QED) is 0.584. The van der Waals surface area contributed by atoms with Gasteiger partial charge in [-0.05, 0) is 40.9 Å². The van der Waals surface area contributed by atoms with Crippen LogP contribution in [0.3, 0.4) is 0 Å². The maximum Gasteiger partial charge on any atom is 0.294 e. The zero-order valence-electron chi connectivity index (χ0n) is 15.2. The summed E-state index contributed by atoms with van der Waals surface area (Å²) in [5.74, 6) is -0.868. The molecular weight excluding hydrogens is 404 g/mol. The van der Waals surface area contributed by atoms with Crippen molar-refractivity contribution in [3.8, 4) is 11.1 Å². The molecule has 2 aromatic carbocycles. The lowest BCUT2D eigenvalue weighted by molar-refractivity contribution is -0.127. The molecule has 2 heterocycles. The molecule has 1 fully saturated rings. The highest BCUT2D eigenvalue weighted by atomic mass is 32.2. The van der Waals surface area contributed by atoms with Crippen molar-refractivity contribution in [3.05, 3.63) is 81.9 Å². The fraction of sp³-hybridized carbons (Fsp3) is 0.0455. The van der Waals surface area contributed by atoms with Crippen LogP contribution in [0.25, 0.3) is 17.2 Å². The number of para-hydroxylation sites is 1. The van der Waals surface area contributed by atoms with Gasteiger partial charge in [-0.25, -0.2) is 0 Å². The van der Waals surface area contributed by atoms with Crippen LogP contribution in [-0.4, -0.2) is 28.5 Å². The van der Waals surface area contributed by atoms with E-state index in [9.17, 15) is 14.4 Å². The summed E-state index contributed by atoms with van der Waals surface area (Å²) in [4.78, 5) is 39.6. The zero-order valence-corrected chi connectivity index (χ0v) is 16.8. The van der Waals surface area contributed by atoms with E-state index >= 15 is 0 Å². The van der Waals surface area contributed by atoms with Crippen molar-refractivity contribution in [1.82, 2.24) is 4.90 Å². The first kappa shape index (κ1) is 19.2. The van der Waals surface area contributed by atoms with Crippen LogP contribution < -0.4 is 5.32 Å². The smallest absolute Gasteiger partial charge is 0.294 e. The molecule has 0 unspecified atom stereocenters. The fourth-order valence-electron chi connectivity index (χ4n) is 2.93. The van der Waals surface area contributed by atoms with Crippen molar-refractivity contribution < 1.29 is 14.4 Å². The van der Waals surface area contributed by atoms with Crippen molar-refractivity contribution >= 4 is 51.9 Å². The average molecular weight is 421 g/mol. The van der Waals surface area contributed by atoms with E-state index in [2.05, 4.69) is 5.32 Å². The average Bonchev–Trinajstić information content (AvgIpc) is 3.33. The summed E-state index contributed by atoms with van der Waals surface area (Å²) in [7, 11) is 0. The van der Waals surface area contributed by atoms with Gasteiger partial charge in [0.25, 0.3) is 11.1 Å². The Balaban J connectivity index is 1.48. The van der Waals surface area contributed by atoms with Crippen LogP contribution in [0, 0.1) is 0 Å². The summed E-state index contributed by atoms with van der Waals surface area (Å²) in [6, 6.07) is 20.9. The van der Waals surface area contributed by atoms with Gasteiger partial charge >= 0.3 is 0 Å². The van der Waals surface area contributed by atoms with Gasteiger partial charge in [0.2, 0.25) is 5.91 Å². The normalized spacial score (nSPS) is 15.2. The highest BCUT2D eigenvalue weighted by Crippen LogP contribution is 2.33. The number of carbonyl (C=O) groups excluding carboxylic acids is 3. The number of benzene rings is 2. The number of carbonyl (C=O) groups is 3. The topological polar surface area (TPSA) is 66.5 Å². The number of anilines is 1. The first-order valence-electron chi connectivity index (χ1n) is 8.85. The Morgan fingerprint density at radius 2 is 1.72 bits per heavy atom. The lowest BCUT2D eigenvalue weighted by Gasteiger charge is -2.14. The Morgan fingerprint density at radius 1 is 0.966 bits per heavy atom. The predicted octanol–water partition coefficient (Wildman–Crippen LogP) is 5.09.